The van der Waals surface area contributed by atoms with Gasteiger partial charge in [0, 0.05) is 18.7 Å². The summed E-state index contributed by atoms with van der Waals surface area (Å²) in [4.78, 5) is 12.8. The summed E-state index contributed by atoms with van der Waals surface area (Å²) in [7, 11) is -2.44. The van der Waals surface area contributed by atoms with Crippen molar-refractivity contribution in [2.24, 2.45) is 0 Å². The number of aryl methyl sites for hydroxylation is 1. The number of nitrogens with zero attached hydrogens (tertiary/aromatic N) is 1. The van der Waals surface area contributed by atoms with E-state index in [1.807, 2.05) is 19.1 Å². The molecule has 28 heavy (non-hydrogen) atoms. The largest absolute Gasteiger partial charge is 0.497 e. The highest BCUT2D eigenvalue weighted by atomic mass is 32.2. The SMILES string of the molecule is CCc1ccc(NC(=O)[C@H]2C[C@@H](O)CN2S(=O)(=O)c2ccc(OC)cc2)cc1. The van der Waals surface area contributed by atoms with Crippen LogP contribution in [0.2, 0.25) is 0 Å². The number of aliphatic hydroxyl groups excluding tert-OH is 1. The van der Waals surface area contributed by atoms with Crippen LogP contribution in [0.3, 0.4) is 0 Å². The van der Waals surface area contributed by atoms with Gasteiger partial charge in [0.15, 0.2) is 0 Å². The number of anilines is 1. The fourth-order valence-electron chi connectivity index (χ4n) is 3.22. The Kier molecular flexibility index (Phi) is 6.02. The number of benzene rings is 2. The Bertz CT molecular complexity index is 926. The number of β-amino-alcohol motifs (C(OH)–C–C–N with tert-alkyl or cyclic N) is 1. The topological polar surface area (TPSA) is 95.9 Å². The van der Waals surface area contributed by atoms with Crippen LogP contribution in [0.25, 0.3) is 0 Å². The number of amides is 1. The molecular weight excluding hydrogens is 380 g/mol. The van der Waals surface area contributed by atoms with E-state index >= 15 is 0 Å². The number of carbonyl (C=O) groups excluding carboxylic acids is 1. The molecule has 2 atom stereocenters. The Labute approximate surface area is 165 Å². The van der Waals surface area contributed by atoms with Crippen molar-refractivity contribution in [1.82, 2.24) is 4.31 Å². The van der Waals surface area contributed by atoms with Crippen molar-refractivity contribution < 1.29 is 23.1 Å². The minimum atomic E-state index is -3.94. The molecule has 2 aromatic rings. The highest BCUT2D eigenvalue weighted by Crippen LogP contribution is 2.28. The van der Waals surface area contributed by atoms with Crippen LogP contribution < -0.4 is 10.1 Å². The molecule has 1 amide bonds. The second-order valence-electron chi connectivity index (χ2n) is 6.70. The Morgan fingerprint density at radius 2 is 1.82 bits per heavy atom. The molecule has 2 N–H and O–H groups in total. The highest BCUT2D eigenvalue weighted by molar-refractivity contribution is 7.89. The molecule has 2 aromatic carbocycles. The zero-order chi connectivity index (χ0) is 20.3. The van der Waals surface area contributed by atoms with Crippen molar-refractivity contribution in [2.45, 2.75) is 36.8 Å². The smallest absolute Gasteiger partial charge is 0.243 e. The Morgan fingerprint density at radius 1 is 1.18 bits per heavy atom. The molecule has 0 unspecified atom stereocenters. The second kappa shape index (κ2) is 8.30. The molecule has 3 rings (SSSR count). The molecule has 7 nitrogen and oxygen atoms in total. The van der Waals surface area contributed by atoms with Gasteiger partial charge in [0.1, 0.15) is 11.8 Å². The predicted octanol–water partition coefficient (Wildman–Crippen LogP) is 2.02. The molecule has 1 aliphatic rings. The van der Waals surface area contributed by atoms with E-state index in [-0.39, 0.29) is 17.9 Å². The molecule has 1 fully saturated rings. The van der Waals surface area contributed by atoms with Gasteiger partial charge in [-0.2, -0.15) is 4.31 Å². The summed E-state index contributed by atoms with van der Waals surface area (Å²) in [5, 5.41) is 12.8. The van der Waals surface area contributed by atoms with Gasteiger partial charge in [-0.3, -0.25) is 4.79 Å². The predicted molar refractivity (Wildman–Crippen MR) is 106 cm³/mol. The zero-order valence-corrected chi connectivity index (χ0v) is 16.6. The van der Waals surface area contributed by atoms with Gasteiger partial charge in [0.25, 0.3) is 0 Å². The van der Waals surface area contributed by atoms with Gasteiger partial charge < -0.3 is 15.2 Å². The zero-order valence-electron chi connectivity index (χ0n) is 15.8. The summed E-state index contributed by atoms with van der Waals surface area (Å²) in [5.41, 5.74) is 1.73. The molecule has 0 aromatic heterocycles. The van der Waals surface area contributed by atoms with Crippen LogP contribution in [-0.2, 0) is 21.2 Å². The van der Waals surface area contributed by atoms with Crippen LogP contribution in [0.4, 0.5) is 5.69 Å². The van der Waals surface area contributed by atoms with Gasteiger partial charge in [-0.05, 0) is 48.4 Å². The van der Waals surface area contributed by atoms with Crippen LogP contribution in [0.5, 0.6) is 5.75 Å². The summed E-state index contributed by atoms with van der Waals surface area (Å²) in [6, 6.07) is 12.3. The third-order valence-electron chi connectivity index (χ3n) is 4.83. The molecule has 0 aliphatic carbocycles. The van der Waals surface area contributed by atoms with Crippen molar-refractivity contribution in [3.63, 3.8) is 0 Å². The molecule has 1 aliphatic heterocycles. The standard InChI is InChI=1S/C20H24N2O5S/c1-3-14-4-6-15(7-5-14)21-20(24)19-12-16(23)13-22(19)28(25,26)18-10-8-17(27-2)9-11-18/h4-11,16,19,23H,3,12-13H2,1-2H3,(H,21,24)/t16-,19-/m1/s1. The van der Waals surface area contributed by atoms with Crippen molar-refractivity contribution in [3.8, 4) is 5.75 Å². The number of carbonyl (C=O) groups is 1. The average molecular weight is 404 g/mol. The van der Waals surface area contributed by atoms with E-state index in [2.05, 4.69) is 5.32 Å². The van der Waals surface area contributed by atoms with Crippen molar-refractivity contribution in [1.29, 1.82) is 0 Å². The van der Waals surface area contributed by atoms with Gasteiger partial charge in [-0.15, -0.1) is 0 Å². The minimum Gasteiger partial charge on any atom is -0.497 e. The lowest BCUT2D eigenvalue weighted by atomic mass is 10.1. The van der Waals surface area contributed by atoms with Crippen LogP contribution in [0.1, 0.15) is 18.9 Å². The number of hydrogen-bond donors (Lipinski definition) is 2. The molecule has 150 valence electrons. The summed E-state index contributed by atoms with van der Waals surface area (Å²) in [5.74, 6) is 0.0723. The lowest BCUT2D eigenvalue weighted by Gasteiger charge is -2.23. The lowest BCUT2D eigenvalue weighted by Crippen LogP contribution is -2.43. The number of hydrogen-bond acceptors (Lipinski definition) is 5. The lowest BCUT2D eigenvalue weighted by molar-refractivity contribution is -0.119. The molecule has 8 heteroatoms. The maximum Gasteiger partial charge on any atom is 0.243 e. The third-order valence-corrected chi connectivity index (χ3v) is 6.72. The summed E-state index contributed by atoms with van der Waals surface area (Å²) in [6.45, 7) is 1.91. The van der Waals surface area contributed by atoms with Crippen molar-refractivity contribution in [3.05, 3.63) is 54.1 Å². The van der Waals surface area contributed by atoms with E-state index in [9.17, 15) is 18.3 Å². The normalized spacial score (nSPS) is 20.1. The molecule has 0 saturated carbocycles. The summed E-state index contributed by atoms with van der Waals surface area (Å²) >= 11 is 0. The van der Waals surface area contributed by atoms with E-state index in [0.29, 0.717) is 11.4 Å². The number of nitrogens with one attached hydrogen (secondary N) is 1. The monoisotopic (exact) mass is 404 g/mol. The summed E-state index contributed by atoms with van der Waals surface area (Å²) in [6.07, 6.45) is 0.0387. The summed E-state index contributed by atoms with van der Waals surface area (Å²) < 4.78 is 32.2. The Hall–Kier alpha value is -2.42. The fourth-order valence-corrected chi connectivity index (χ4v) is 4.86. The average Bonchev–Trinajstić information content (AvgIpc) is 3.11. The molecule has 0 bridgehead atoms. The fraction of sp³-hybridized carbons (Fsp3) is 0.350. The molecule has 1 saturated heterocycles. The van der Waals surface area contributed by atoms with Gasteiger partial charge in [0.2, 0.25) is 15.9 Å². The molecular formula is C20H24N2O5S. The first-order valence-electron chi connectivity index (χ1n) is 9.09. The van der Waals surface area contributed by atoms with Crippen molar-refractivity contribution in [2.75, 3.05) is 19.0 Å². The van der Waals surface area contributed by atoms with Gasteiger partial charge in [-0.1, -0.05) is 19.1 Å². The van der Waals surface area contributed by atoms with Crippen LogP contribution in [0.15, 0.2) is 53.4 Å². The maximum absolute atomic E-state index is 13.0. The molecule has 0 radical (unpaired) electrons. The Balaban J connectivity index is 1.81. The Morgan fingerprint density at radius 3 is 2.39 bits per heavy atom. The van der Waals surface area contributed by atoms with Crippen LogP contribution in [-0.4, -0.2) is 49.5 Å². The first kappa shape index (κ1) is 20.3. The second-order valence-corrected chi connectivity index (χ2v) is 8.59. The number of aliphatic hydroxyl groups is 1. The number of methoxy groups -OCH3 is 1. The van der Waals surface area contributed by atoms with Crippen LogP contribution >= 0.6 is 0 Å². The van der Waals surface area contributed by atoms with E-state index in [1.165, 1.54) is 19.2 Å². The number of sulfonamides is 1. The highest BCUT2D eigenvalue weighted by Gasteiger charge is 2.43. The van der Waals surface area contributed by atoms with Crippen LogP contribution in [0, 0.1) is 0 Å². The number of ether oxygens (including phenoxy) is 1. The van der Waals surface area contributed by atoms with E-state index in [1.54, 1.807) is 24.3 Å². The third kappa shape index (κ3) is 4.19. The van der Waals surface area contributed by atoms with E-state index in [0.717, 1.165) is 16.3 Å². The van der Waals surface area contributed by atoms with Gasteiger partial charge >= 0.3 is 0 Å². The first-order valence-corrected chi connectivity index (χ1v) is 10.5. The first-order chi connectivity index (χ1) is 13.3. The molecule has 1 heterocycles. The van der Waals surface area contributed by atoms with Gasteiger partial charge in [-0.25, -0.2) is 8.42 Å². The van der Waals surface area contributed by atoms with Gasteiger partial charge in [0.05, 0.1) is 18.1 Å². The maximum atomic E-state index is 13.0. The van der Waals surface area contributed by atoms with E-state index < -0.39 is 28.1 Å². The quantitative estimate of drug-likeness (QED) is 0.768. The number of rotatable bonds is 6. The van der Waals surface area contributed by atoms with Crippen molar-refractivity contribution >= 4 is 21.6 Å². The van der Waals surface area contributed by atoms with E-state index in [4.69, 9.17) is 4.74 Å². The minimum absolute atomic E-state index is 0.0486. The molecule has 0 spiro atoms.